The van der Waals surface area contributed by atoms with E-state index in [4.69, 9.17) is 14.6 Å². The summed E-state index contributed by atoms with van der Waals surface area (Å²) in [7, 11) is 1.63. The Kier molecular flexibility index (Phi) is 3.85. The maximum absolute atomic E-state index is 9.33. The fourth-order valence-corrected chi connectivity index (χ4v) is 2.36. The zero-order valence-electron chi connectivity index (χ0n) is 10.5. The Bertz CT molecular complexity index is 467. The topological polar surface area (TPSA) is 62.5 Å². The van der Waals surface area contributed by atoms with E-state index in [0.29, 0.717) is 12.8 Å². The third-order valence-corrected chi connectivity index (χ3v) is 3.36. The highest BCUT2D eigenvalue weighted by Gasteiger charge is 2.35. The molecule has 4 heteroatoms. The van der Waals surface area contributed by atoms with Crippen molar-refractivity contribution in [2.75, 3.05) is 20.3 Å². The van der Waals surface area contributed by atoms with Crippen molar-refractivity contribution in [3.63, 3.8) is 0 Å². The van der Waals surface area contributed by atoms with Gasteiger partial charge in [-0.25, -0.2) is 0 Å². The summed E-state index contributed by atoms with van der Waals surface area (Å²) in [6.45, 7) is 0.140. The first-order chi connectivity index (χ1) is 8.73. The van der Waals surface area contributed by atoms with Gasteiger partial charge in [-0.2, -0.15) is 5.26 Å². The highest BCUT2D eigenvalue weighted by Crippen LogP contribution is 2.33. The zero-order chi connectivity index (χ0) is 13.0. The minimum Gasteiger partial charge on any atom is -0.497 e. The Balaban J connectivity index is 2.23. The quantitative estimate of drug-likeness (QED) is 0.874. The summed E-state index contributed by atoms with van der Waals surface area (Å²) in [4.78, 5) is 0. The first kappa shape index (κ1) is 12.9. The number of nitrogens with zero attached hydrogens (tertiary/aromatic N) is 1. The van der Waals surface area contributed by atoms with Gasteiger partial charge in [0.2, 0.25) is 0 Å². The van der Waals surface area contributed by atoms with Gasteiger partial charge in [-0.3, -0.25) is 0 Å². The number of hydrogen-bond acceptors (Lipinski definition) is 4. The molecule has 0 fully saturated rings. The third-order valence-electron chi connectivity index (χ3n) is 3.36. The van der Waals surface area contributed by atoms with E-state index in [0.717, 1.165) is 17.7 Å². The highest BCUT2D eigenvalue weighted by molar-refractivity contribution is 5.40. The van der Waals surface area contributed by atoms with E-state index in [1.165, 1.54) is 5.56 Å². The minimum absolute atomic E-state index is 0.0611. The lowest BCUT2D eigenvalue weighted by Crippen LogP contribution is -2.38. The predicted molar refractivity (Wildman–Crippen MR) is 66.4 cm³/mol. The van der Waals surface area contributed by atoms with E-state index in [1.54, 1.807) is 7.11 Å². The maximum Gasteiger partial charge on any atom is 0.158 e. The summed E-state index contributed by atoms with van der Waals surface area (Å²) < 4.78 is 10.7. The van der Waals surface area contributed by atoms with Gasteiger partial charge in [-0.15, -0.1) is 0 Å². The van der Waals surface area contributed by atoms with Crippen molar-refractivity contribution in [3.8, 4) is 11.8 Å². The average molecular weight is 247 g/mol. The van der Waals surface area contributed by atoms with E-state index in [2.05, 4.69) is 6.07 Å². The summed E-state index contributed by atoms with van der Waals surface area (Å²) in [6.07, 6.45) is 2.04. The zero-order valence-corrected chi connectivity index (χ0v) is 10.5. The van der Waals surface area contributed by atoms with Gasteiger partial charge >= 0.3 is 0 Å². The number of ether oxygens (including phenoxy) is 2. The second-order valence-electron chi connectivity index (χ2n) is 4.49. The number of aryl methyl sites for hydroxylation is 1. The summed E-state index contributed by atoms with van der Waals surface area (Å²) in [5.74, 6) is 0.796. The van der Waals surface area contributed by atoms with Crippen molar-refractivity contribution in [3.05, 3.63) is 29.3 Å². The molecule has 2 rings (SSSR count). The average Bonchev–Trinajstić information content (AvgIpc) is 2.44. The number of hydrogen-bond donors (Lipinski definition) is 1. The number of rotatable bonds is 4. The van der Waals surface area contributed by atoms with E-state index in [9.17, 15) is 5.26 Å². The van der Waals surface area contributed by atoms with Crippen molar-refractivity contribution < 1.29 is 14.6 Å². The lowest BCUT2D eigenvalue weighted by atomic mass is 9.81. The van der Waals surface area contributed by atoms with E-state index in [1.807, 2.05) is 18.2 Å². The van der Waals surface area contributed by atoms with Gasteiger partial charge in [0.25, 0.3) is 0 Å². The molecule has 1 unspecified atom stereocenters. The van der Waals surface area contributed by atoms with Crippen LogP contribution in [0.1, 0.15) is 17.5 Å². The monoisotopic (exact) mass is 247 g/mol. The molecule has 96 valence electrons. The molecule has 1 aromatic rings. The molecule has 0 amide bonds. The molecule has 1 atom stereocenters. The van der Waals surface area contributed by atoms with Crippen LogP contribution in [-0.4, -0.2) is 31.0 Å². The molecule has 0 saturated heterocycles. The van der Waals surface area contributed by atoms with Crippen molar-refractivity contribution in [1.82, 2.24) is 0 Å². The summed E-state index contributed by atoms with van der Waals surface area (Å²) in [5.41, 5.74) is 1.54. The Labute approximate surface area is 107 Å². The molecule has 0 aromatic heterocycles. The molecular weight excluding hydrogens is 230 g/mol. The molecule has 4 nitrogen and oxygen atoms in total. The Hall–Kier alpha value is -1.57. The second-order valence-corrected chi connectivity index (χ2v) is 4.49. The van der Waals surface area contributed by atoms with E-state index >= 15 is 0 Å². The van der Waals surface area contributed by atoms with Crippen LogP contribution in [0.2, 0.25) is 0 Å². The fourth-order valence-electron chi connectivity index (χ4n) is 2.36. The second kappa shape index (κ2) is 5.38. The lowest BCUT2D eigenvalue weighted by molar-refractivity contribution is -0.0275. The molecular formula is C14H17NO3. The molecule has 1 aliphatic carbocycles. The van der Waals surface area contributed by atoms with Crippen LogP contribution in [0.5, 0.6) is 5.75 Å². The maximum atomic E-state index is 9.33. The number of aliphatic hydroxyl groups excluding tert-OH is 1. The van der Waals surface area contributed by atoms with Crippen LogP contribution in [0.15, 0.2) is 18.2 Å². The number of fused-ring (bicyclic) bond motifs is 1. The summed E-state index contributed by atoms with van der Waals surface area (Å²) in [5, 5.41) is 18.2. The van der Waals surface area contributed by atoms with Crippen molar-refractivity contribution in [2.45, 2.75) is 24.9 Å². The van der Waals surface area contributed by atoms with Crippen LogP contribution < -0.4 is 4.74 Å². The number of aliphatic hydroxyl groups is 1. The highest BCUT2D eigenvalue weighted by atomic mass is 16.5. The number of benzene rings is 1. The largest absolute Gasteiger partial charge is 0.497 e. The van der Waals surface area contributed by atoms with Crippen LogP contribution in [0.3, 0.4) is 0 Å². The lowest BCUT2D eigenvalue weighted by Gasteiger charge is -2.32. The van der Waals surface area contributed by atoms with Gasteiger partial charge in [0, 0.05) is 6.42 Å². The van der Waals surface area contributed by atoms with Crippen LogP contribution in [-0.2, 0) is 17.6 Å². The summed E-state index contributed by atoms with van der Waals surface area (Å²) >= 11 is 0. The van der Waals surface area contributed by atoms with Crippen LogP contribution in [0.4, 0.5) is 0 Å². The molecule has 0 bridgehead atoms. The van der Waals surface area contributed by atoms with Crippen molar-refractivity contribution in [1.29, 1.82) is 5.26 Å². The molecule has 0 saturated carbocycles. The fraction of sp³-hybridized carbons (Fsp3) is 0.500. The van der Waals surface area contributed by atoms with Crippen molar-refractivity contribution in [2.24, 2.45) is 0 Å². The van der Waals surface area contributed by atoms with Crippen LogP contribution >= 0.6 is 0 Å². The molecule has 0 radical (unpaired) electrons. The Morgan fingerprint density at radius 1 is 1.44 bits per heavy atom. The first-order valence-corrected chi connectivity index (χ1v) is 6.05. The molecule has 0 spiro atoms. The molecule has 1 N–H and O–H groups in total. The predicted octanol–water partition coefficient (Wildman–Crippen LogP) is 1.46. The van der Waals surface area contributed by atoms with Crippen LogP contribution in [0.25, 0.3) is 0 Å². The smallest absolute Gasteiger partial charge is 0.158 e. The van der Waals surface area contributed by atoms with E-state index in [-0.39, 0.29) is 13.2 Å². The molecule has 1 aromatic carbocycles. The van der Waals surface area contributed by atoms with Gasteiger partial charge in [0.1, 0.15) is 5.75 Å². The first-order valence-electron chi connectivity index (χ1n) is 6.05. The van der Waals surface area contributed by atoms with Gasteiger partial charge in [-0.05, 0) is 36.1 Å². The standard InChI is InChI=1S/C14H17NO3/c1-17-13-3-2-11-4-5-14(10-15,18-7-6-16)9-12(11)8-13/h2-3,8,16H,4-7,9H2,1H3. The molecule has 1 aliphatic rings. The van der Waals surface area contributed by atoms with Crippen LogP contribution in [0, 0.1) is 11.3 Å². The normalized spacial score (nSPS) is 22.1. The molecule has 0 aliphatic heterocycles. The molecule has 18 heavy (non-hydrogen) atoms. The van der Waals surface area contributed by atoms with Gasteiger partial charge in [0.05, 0.1) is 26.4 Å². The number of methoxy groups -OCH3 is 1. The van der Waals surface area contributed by atoms with Crippen molar-refractivity contribution >= 4 is 0 Å². The minimum atomic E-state index is -0.803. The third kappa shape index (κ3) is 2.47. The molecule has 0 heterocycles. The van der Waals surface area contributed by atoms with Gasteiger partial charge in [-0.1, -0.05) is 6.07 Å². The van der Waals surface area contributed by atoms with Gasteiger partial charge in [0.15, 0.2) is 5.60 Å². The Morgan fingerprint density at radius 3 is 2.94 bits per heavy atom. The summed E-state index contributed by atoms with van der Waals surface area (Å²) in [6, 6.07) is 8.20. The SMILES string of the molecule is COc1ccc2c(c1)CC(C#N)(OCCO)CC2. The van der Waals surface area contributed by atoms with E-state index < -0.39 is 5.60 Å². The Morgan fingerprint density at radius 2 is 2.28 bits per heavy atom. The van der Waals surface area contributed by atoms with Gasteiger partial charge < -0.3 is 14.6 Å². The number of nitriles is 1.